The molecule has 2 aromatic carbocycles. The predicted octanol–water partition coefficient (Wildman–Crippen LogP) is 3.03. The van der Waals surface area contributed by atoms with Crippen LogP contribution in [0.3, 0.4) is 0 Å². The van der Waals surface area contributed by atoms with Crippen molar-refractivity contribution in [1.82, 2.24) is 16.0 Å². The summed E-state index contributed by atoms with van der Waals surface area (Å²) in [7, 11) is 3.32. The van der Waals surface area contributed by atoms with Crippen LogP contribution in [0.15, 0.2) is 47.5 Å². The molecule has 31 heavy (non-hydrogen) atoms. The number of aryl methyl sites for hydroxylation is 1. The first kappa shape index (κ1) is 24.2. The van der Waals surface area contributed by atoms with Gasteiger partial charge in [-0.15, -0.1) is 0 Å². The van der Waals surface area contributed by atoms with Gasteiger partial charge in [-0.25, -0.2) is 4.99 Å². The summed E-state index contributed by atoms with van der Waals surface area (Å²) in [5.74, 6) is 1.51. The number of rotatable bonds is 11. The monoisotopic (exact) mass is 426 g/mol. The minimum atomic E-state index is -0.0941. The lowest BCUT2D eigenvalue weighted by molar-refractivity contribution is 0.0963. The first-order chi connectivity index (χ1) is 15.1. The Morgan fingerprint density at radius 1 is 1.06 bits per heavy atom. The number of nitrogens with zero attached hydrogens (tertiary/aromatic N) is 1. The van der Waals surface area contributed by atoms with Crippen LogP contribution in [-0.4, -0.2) is 45.8 Å². The van der Waals surface area contributed by atoms with Gasteiger partial charge in [0.15, 0.2) is 5.96 Å². The van der Waals surface area contributed by atoms with Crippen molar-refractivity contribution in [2.45, 2.75) is 33.4 Å². The smallest absolute Gasteiger partial charge is 0.251 e. The SMILES string of the molecule is CCNC(=NCc1ccc(C(=O)NC)cc1)NCc1ccc(C)cc1OCCCOC. The number of guanidine groups is 1. The second kappa shape index (κ2) is 13.3. The molecule has 0 atom stereocenters. The fourth-order valence-electron chi connectivity index (χ4n) is 2.92. The zero-order valence-electron chi connectivity index (χ0n) is 19.0. The third-order valence-corrected chi connectivity index (χ3v) is 4.63. The lowest BCUT2D eigenvalue weighted by atomic mass is 10.1. The van der Waals surface area contributed by atoms with E-state index in [0.29, 0.717) is 31.9 Å². The molecule has 2 aromatic rings. The van der Waals surface area contributed by atoms with E-state index in [1.54, 1.807) is 14.2 Å². The highest BCUT2D eigenvalue weighted by atomic mass is 16.5. The second-order valence-corrected chi connectivity index (χ2v) is 7.13. The summed E-state index contributed by atoms with van der Waals surface area (Å²) in [4.78, 5) is 16.3. The number of methoxy groups -OCH3 is 1. The van der Waals surface area contributed by atoms with Gasteiger partial charge in [-0.3, -0.25) is 4.79 Å². The van der Waals surface area contributed by atoms with Gasteiger partial charge in [0.25, 0.3) is 5.91 Å². The van der Waals surface area contributed by atoms with Gasteiger partial charge >= 0.3 is 0 Å². The average Bonchev–Trinajstić information content (AvgIpc) is 2.79. The van der Waals surface area contributed by atoms with Gasteiger partial charge in [0.1, 0.15) is 5.75 Å². The van der Waals surface area contributed by atoms with Gasteiger partial charge in [-0.1, -0.05) is 24.3 Å². The number of ether oxygens (including phenoxy) is 2. The Hall–Kier alpha value is -3.06. The molecule has 0 fully saturated rings. The summed E-state index contributed by atoms with van der Waals surface area (Å²) in [6.07, 6.45) is 0.847. The third kappa shape index (κ3) is 8.30. The van der Waals surface area contributed by atoms with Gasteiger partial charge in [-0.05, 0) is 43.2 Å². The summed E-state index contributed by atoms with van der Waals surface area (Å²) < 4.78 is 11.1. The molecule has 0 heterocycles. The molecule has 0 aromatic heterocycles. The van der Waals surface area contributed by atoms with Gasteiger partial charge in [0.2, 0.25) is 0 Å². The van der Waals surface area contributed by atoms with Gasteiger partial charge in [-0.2, -0.15) is 0 Å². The third-order valence-electron chi connectivity index (χ3n) is 4.63. The fraction of sp³-hybridized carbons (Fsp3) is 0.417. The molecule has 2 rings (SSSR count). The molecule has 0 radical (unpaired) electrons. The highest BCUT2D eigenvalue weighted by Gasteiger charge is 2.07. The van der Waals surface area contributed by atoms with E-state index in [1.165, 1.54) is 0 Å². The molecule has 0 unspecified atom stereocenters. The van der Waals surface area contributed by atoms with Crippen LogP contribution in [0.25, 0.3) is 0 Å². The van der Waals surface area contributed by atoms with Crippen LogP contribution in [0.1, 0.15) is 40.4 Å². The van der Waals surface area contributed by atoms with Crippen molar-refractivity contribution in [2.75, 3.05) is 33.9 Å². The molecule has 168 valence electrons. The maximum absolute atomic E-state index is 11.7. The molecule has 0 saturated carbocycles. The van der Waals surface area contributed by atoms with Crippen molar-refractivity contribution >= 4 is 11.9 Å². The number of hydrogen-bond acceptors (Lipinski definition) is 4. The molecule has 0 saturated heterocycles. The Morgan fingerprint density at radius 3 is 2.52 bits per heavy atom. The Labute approximate surface area is 185 Å². The number of benzene rings is 2. The molecule has 3 N–H and O–H groups in total. The number of hydrogen-bond donors (Lipinski definition) is 3. The number of carbonyl (C=O) groups is 1. The van der Waals surface area contributed by atoms with Crippen molar-refractivity contribution in [3.05, 3.63) is 64.7 Å². The van der Waals surface area contributed by atoms with Gasteiger partial charge in [0, 0.05) is 51.4 Å². The summed E-state index contributed by atoms with van der Waals surface area (Å²) in [6, 6.07) is 13.7. The molecule has 7 nitrogen and oxygen atoms in total. The highest BCUT2D eigenvalue weighted by Crippen LogP contribution is 2.20. The molecular weight excluding hydrogens is 392 g/mol. The fourth-order valence-corrected chi connectivity index (χ4v) is 2.92. The minimum Gasteiger partial charge on any atom is -0.493 e. The van der Waals surface area contributed by atoms with E-state index in [2.05, 4.69) is 46.1 Å². The summed E-state index contributed by atoms with van der Waals surface area (Å²) in [5.41, 5.74) is 3.90. The van der Waals surface area contributed by atoms with Crippen molar-refractivity contribution in [1.29, 1.82) is 0 Å². The van der Waals surface area contributed by atoms with Crippen LogP contribution in [0.4, 0.5) is 0 Å². The van der Waals surface area contributed by atoms with Crippen LogP contribution in [0, 0.1) is 6.92 Å². The molecule has 1 amide bonds. The van der Waals surface area contributed by atoms with Crippen molar-refractivity contribution in [3.63, 3.8) is 0 Å². The normalized spacial score (nSPS) is 11.2. The number of nitrogens with one attached hydrogen (secondary N) is 3. The lowest BCUT2D eigenvalue weighted by Crippen LogP contribution is -2.36. The molecule has 7 heteroatoms. The first-order valence-electron chi connectivity index (χ1n) is 10.6. The largest absolute Gasteiger partial charge is 0.493 e. The van der Waals surface area contributed by atoms with E-state index >= 15 is 0 Å². The number of aliphatic imine (C=N–C) groups is 1. The van der Waals surface area contributed by atoms with Crippen LogP contribution in [0.5, 0.6) is 5.75 Å². The van der Waals surface area contributed by atoms with E-state index in [1.807, 2.05) is 31.2 Å². The van der Waals surface area contributed by atoms with Crippen molar-refractivity contribution in [2.24, 2.45) is 4.99 Å². The highest BCUT2D eigenvalue weighted by molar-refractivity contribution is 5.93. The predicted molar refractivity (Wildman–Crippen MR) is 125 cm³/mol. The summed E-state index contributed by atoms with van der Waals surface area (Å²) in [6.45, 7) is 7.26. The maximum Gasteiger partial charge on any atom is 0.251 e. The zero-order chi connectivity index (χ0) is 22.5. The Balaban J connectivity index is 2.00. The first-order valence-corrected chi connectivity index (χ1v) is 10.6. The maximum atomic E-state index is 11.7. The van der Waals surface area contributed by atoms with Crippen molar-refractivity contribution in [3.8, 4) is 5.75 Å². The topological polar surface area (TPSA) is 84.0 Å². The second-order valence-electron chi connectivity index (χ2n) is 7.13. The molecule has 0 spiro atoms. The van der Waals surface area contributed by atoms with Gasteiger partial charge < -0.3 is 25.4 Å². The van der Waals surface area contributed by atoms with Crippen LogP contribution in [0.2, 0.25) is 0 Å². The van der Waals surface area contributed by atoms with Crippen LogP contribution in [-0.2, 0) is 17.8 Å². The van der Waals surface area contributed by atoms with E-state index in [-0.39, 0.29) is 5.91 Å². The minimum absolute atomic E-state index is 0.0941. The Morgan fingerprint density at radius 2 is 1.84 bits per heavy atom. The van der Waals surface area contributed by atoms with E-state index in [4.69, 9.17) is 9.47 Å². The Kier molecular flexibility index (Phi) is 10.4. The zero-order valence-corrected chi connectivity index (χ0v) is 19.0. The molecule has 0 bridgehead atoms. The number of carbonyl (C=O) groups excluding carboxylic acids is 1. The molecule has 0 aliphatic carbocycles. The van der Waals surface area contributed by atoms with E-state index in [9.17, 15) is 4.79 Å². The van der Waals surface area contributed by atoms with E-state index in [0.717, 1.165) is 41.4 Å². The Bertz CT molecular complexity index is 850. The standard InChI is InChI=1S/C24H34N4O3/c1-5-26-24(27-16-19-8-11-20(12-9-19)23(29)25-3)28-17-21-10-7-18(2)15-22(21)31-14-6-13-30-4/h7-12,15H,5-6,13-14,16-17H2,1-4H3,(H,25,29)(H2,26,27,28). The van der Waals surface area contributed by atoms with Crippen LogP contribution < -0.4 is 20.7 Å². The molecule has 0 aliphatic heterocycles. The number of amides is 1. The lowest BCUT2D eigenvalue weighted by Gasteiger charge is -2.15. The quantitative estimate of drug-likeness (QED) is 0.292. The molecule has 0 aliphatic rings. The summed E-state index contributed by atoms with van der Waals surface area (Å²) >= 11 is 0. The van der Waals surface area contributed by atoms with Crippen LogP contribution >= 0.6 is 0 Å². The van der Waals surface area contributed by atoms with E-state index < -0.39 is 0 Å². The van der Waals surface area contributed by atoms with Crippen molar-refractivity contribution < 1.29 is 14.3 Å². The van der Waals surface area contributed by atoms with Gasteiger partial charge in [0.05, 0.1) is 13.2 Å². The average molecular weight is 427 g/mol. The molecular formula is C24H34N4O3. The summed E-state index contributed by atoms with van der Waals surface area (Å²) in [5, 5.41) is 9.27.